The molecule has 2 N–H and O–H groups in total. The Hall–Kier alpha value is -4.06. The van der Waals surface area contributed by atoms with Gasteiger partial charge in [-0.15, -0.1) is 0 Å². The molecule has 0 bridgehead atoms. The highest BCUT2D eigenvalue weighted by Gasteiger charge is 2.34. The fraction of sp³-hybridized carbons (Fsp3) is 0.185. The van der Waals surface area contributed by atoms with Crippen molar-refractivity contribution in [3.05, 3.63) is 86.7 Å². The molecule has 1 aliphatic rings. The number of halogens is 2. The molecule has 1 heterocycles. The first-order valence-corrected chi connectivity index (χ1v) is 11.8. The van der Waals surface area contributed by atoms with Crippen LogP contribution in [0.1, 0.15) is 34.3 Å². The smallest absolute Gasteiger partial charge is 0.343 e. The molecule has 1 atom stereocenters. The van der Waals surface area contributed by atoms with E-state index in [1.165, 1.54) is 32.4 Å². The lowest BCUT2D eigenvalue weighted by Gasteiger charge is -2.28. The maximum atomic E-state index is 12.8. The molecule has 1 unspecified atom stereocenters. The number of nitriles is 1. The highest BCUT2D eigenvalue weighted by atomic mass is 35.5. The SMILES string of the molecule is CCOc1c(Cl)cc(C(=O)Oc2ccc3c(c2)OC(N)=C(C#N)C3c2cccc(OC)c2OC)cc1Cl. The maximum absolute atomic E-state index is 12.8. The minimum atomic E-state index is -0.685. The highest BCUT2D eigenvalue weighted by molar-refractivity contribution is 6.37. The Labute approximate surface area is 223 Å². The highest BCUT2D eigenvalue weighted by Crippen LogP contribution is 2.48. The predicted octanol–water partition coefficient (Wildman–Crippen LogP) is 5.85. The Morgan fingerprint density at radius 2 is 1.78 bits per heavy atom. The van der Waals surface area contributed by atoms with Crippen molar-refractivity contribution in [1.29, 1.82) is 5.26 Å². The number of hydrogen-bond acceptors (Lipinski definition) is 8. The zero-order valence-electron chi connectivity index (χ0n) is 20.1. The molecule has 0 aliphatic carbocycles. The van der Waals surface area contributed by atoms with Crippen molar-refractivity contribution in [2.45, 2.75) is 12.8 Å². The summed E-state index contributed by atoms with van der Waals surface area (Å²) in [6.07, 6.45) is 0. The molecule has 4 rings (SSSR count). The number of allylic oxidation sites excluding steroid dienone is 1. The normalized spacial score (nSPS) is 14.2. The van der Waals surface area contributed by atoms with E-state index >= 15 is 0 Å². The molecule has 10 heteroatoms. The van der Waals surface area contributed by atoms with E-state index in [0.29, 0.717) is 40.7 Å². The van der Waals surface area contributed by atoms with Crippen molar-refractivity contribution in [1.82, 2.24) is 0 Å². The Morgan fingerprint density at radius 3 is 2.41 bits per heavy atom. The van der Waals surface area contributed by atoms with Crippen LogP contribution >= 0.6 is 23.2 Å². The Morgan fingerprint density at radius 1 is 1.05 bits per heavy atom. The number of para-hydroxylation sites is 1. The number of benzene rings is 3. The van der Waals surface area contributed by atoms with Gasteiger partial charge in [0.05, 0.1) is 42.4 Å². The van der Waals surface area contributed by atoms with Gasteiger partial charge in [0, 0.05) is 17.2 Å². The average Bonchev–Trinajstić information content (AvgIpc) is 2.89. The second-order valence-electron chi connectivity index (χ2n) is 7.80. The van der Waals surface area contributed by atoms with Gasteiger partial charge in [0.25, 0.3) is 0 Å². The van der Waals surface area contributed by atoms with Gasteiger partial charge in [0.15, 0.2) is 17.2 Å². The number of hydrogen-bond donors (Lipinski definition) is 1. The number of methoxy groups -OCH3 is 2. The van der Waals surface area contributed by atoms with Crippen LogP contribution in [0, 0.1) is 11.3 Å². The minimum absolute atomic E-state index is 0.0709. The summed E-state index contributed by atoms with van der Waals surface area (Å²) in [6.45, 7) is 2.16. The van der Waals surface area contributed by atoms with Crippen LogP contribution in [-0.2, 0) is 0 Å². The standard InChI is InChI=1S/C27H22Cl2N2O6/c1-4-35-25-19(28)10-14(11-20(25)29)27(32)36-15-8-9-16-22(12-15)37-26(31)18(13-30)23(16)17-6-5-7-21(33-2)24(17)34-3/h5-12,23H,4,31H2,1-3H3. The topological polar surface area (TPSA) is 113 Å². The van der Waals surface area contributed by atoms with Crippen LogP contribution in [0.3, 0.4) is 0 Å². The zero-order valence-corrected chi connectivity index (χ0v) is 21.6. The zero-order chi connectivity index (χ0) is 26.7. The molecular weight excluding hydrogens is 519 g/mol. The van der Waals surface area contributed by atoms with E-state index in [-0.39, 0.29) is 32.8 Å². The third-order valence-corrected chi connectivity index (χ3v) is 6.23. The van der Waals surface area contributed by atoms with Crippen molar-refractivity contribution in [2.24, 2.45) is 5.73 Å². The summed E-state index contributed by atoms with van der Waals surface area (Å²) in [5.41, 5.74) is 7.76. The number of ether oxygens (including phenoxy) is 5. The van der Waals surface area contributed by atoms with Crippen molar-refractivity contribution in [2.75, 3.05) is 20.8 Å². The molecule has 0 saturated heterocycles. The number of fused-ring (bicyclic) bond motifs is 1. The van der Waals surface area contributed by atoms with Gasteiger partial charge >= 0.3 is 5.97 Å². The monoisotopic (exact) mass is 540 g/mol. The molecule has 0 spiro atoms. The summed E-state index contributed by atoms with van der Waals surface area (Å²) in [4.78, 5) is 12.8. The molecule has 37 heavy (non-hydrogen) atoms. The largest absolute Gasteiger partial charge is 0.493 e. The third-order valence-electron chi connectivity index (χ3n) is 5.67. The first-order chi connectivity index (χ1) is 17.8. The molecule has 0 saturated carbocycles. The van der Waals surface area contributed by atoms with Gasteiger partial charge in [0.1, 0.15) is 23.1 Å². The average molecular weight is 541 g/mol. The number of rotatable bonds is 7. The van der Waals surface area contributed by atoms with Crippen LogP contribution in [0.2, 0.25) is 10.0 Å². The predicted molar refractivity (Wildman–Crippen MR) is 138 cm³/mol. The summed E-state index contributed by atoms with van der Waals surface area (Å²) in [5.74, 6) is 0.402. The van der Waals surface area contributed by atoms with Crippen LogP contribution in [-0.4, -0.2) is 26.8 Å². The van der Waals surface area contributed by atoms with Gasteiger partial charge < -0.3 is 29.4 Å². The van der Waals surface area contributed by atoms with E-state index in [0.717, 1.165) is 0 Å². The second-order valence-corrected chi connectivity index (χ2v) is 8.61. The van der Waals surface area contributed by atoms with Gasteiger partial charge in [-0.25, -0.2) is 4.79 Å². The second kappa shape index (κ2) is 10.9. The molecule has 8 nitrogen and oxygen atoms in total. The van der Waals surface area contributed by atoms with Crippen molar-refractivity contribution < 1.29 is 28.5 Å². The molecule has 0 radical (unpaired) electrons. The lowest BCUT2D eigenvalue weighted by Crippen LogP contribution is -2.21. The molecule has 3 aromatic carbocycles. The van der Waals surface area contributed by atoms with Crippen LogP contribution in [0.15, 0.2) is 60.0 Å². The fourth-order valence-corrected chi connectivity index (χ4v) is 4.68. The lowest BCUT2D eigenvalue weighted by atomic mass is 9.83. The third kappa shape index (κ3) is 4.96. The van der Waals surface area contributed by atoms with E-state index in [2.05, 4.69) is 6.07 Å². The summed E-state index contributed by atoms with van der Waals surface area (Å²) >= 11 is 12.4. The van der Waals surface area contributed by atoms with E-state index in [4.69, 9.17) is 52.6 Å². The molecule has 3 aromatic rings. The van der Waals surface area contributed by atoms with E-state index < -0.39 is 11.9 Å². The number of carbonyl (C=O) groups is 1. The van der Waals surface area contributed by atoms with Gasteiger partial charge in [-0.2, -0.15) is 5.26 Å². The number of carbonyl (C=O) groups excluding carboxylic acids is 1. The van der Waals surface area contributed by atoms with Gasteiger partial charge in [0.2, 0.25) is 5.88 Å². The van der Waals surface area contributed by atoms with E-state index in [1.54, 1.807) is 31.2 Å². The van der Waals surface area contributed by atoms with E-state index in [1.807, 2.05) is 6.07 Å². The lowest BCUT2D eigenvalue weighted by molar-refractivity contribution is 0.0734. The first kappa shape index (κ1) is 26.0. The van der Waals surface area contributed by atoms with Crippen molar-refractivity contribution in [3.63, 3.8) is 0 Å². The van der Waals surface area contributed by atoms with Crippen molar-refractivity contribution >= 4 is 29.2 Å². The van der Waals surface area contributed by atoms with E-state index in [9.17, 15) is 10.1 Å². The Bertz CT molecular complexity index is 1420. The van der Waals surface area contributed by atoms with Gasteiger partial charge in [-0.3, -0.25) is 0 Å². The molecule has 190 valence electrons. The van der Waals surface area contributed by atoms with Gasteiger partial charge in [-0.1, -0.05) is 41.4 Å². The number of nitrogens with two attached hydrogens (primary N) is 1. The van der Waals surface area contributed by atoms with Crippen LogP contribution in [0.4, 0.5) is 0 Å². The quantitative estimate of drug-likeness (QED) is 0.293. The minimum Gasteiger partial charge on any atom is -0.493 e. The first-order valence-electron chi connectivity index (χ1n) is 11.1. The number of nitrogens with zero attached hydrogens (tertiary/aromatic N) is 1. The maximum Gasteiger partial charge on any atom is 0.343 e. The van der Waals surface area contributed by atoms with Crippen LogP contribution in [0.5, 0.6) is 28.7 Å². The van der Waals surface area contributed by atoms with Crippen LogP contribution in [0.25, 0.3) is 0 Å². The summed E-state index contributed by atoms with van der Waals surface area (Å²) in [7, 11) is 3.04. The molecule has 0 amide bonds. The van der Waals surface area contributed by atoms with Crippen molar-refractivity contribution in [3.8, 4) is 34.8 Å². The summed E-state index contributed by atoms with van der Waals surface area (Å²) in [6, 6.07) is 15.1. The number of esters is 1. The van der Waals surface area contributed by atoms with Crippen LogP contribution < -0.4 is 29.4 Å². The Balaban J connectivity index is 1.70. The molecule has 1 aliphatic heterocycles. The summed E-state index contributed by atoms with van der Waals surface area (Å²) < 4.78 is 27.7. The molecule has 0 aromatic heterocycles. The van der Waals surface area contributed by atoms with Gasteiger partial charge in [-0.05, 0) is 31.2 Å². The molecular formula is C27H22Cl2N2O6. The fourth-order valence-electron chi connectivity index (χ4n) is 4.08. The Kier molecular flexibility index (Phi) is 7.67. The molecule has 0 fully saturated rings. The summed E-state index contributed by atoms with van der Waals surface area (Å²) in [5, 5.41) is 10.2.